The van der Waals surface area contributed by atoms with Crippen LogP contribution in [0, 0.1) is 0 Å². The molecule has 0 saturated heterocycles. The van der Waals surface area contributed by atoms with Crippen LogP contribution >= 0.6 is 0 Å². The van der Waals surface area contributed by atoms with Gasteiger partial charge in [0.15, 0.2) is 5.82 Å². The Kier molecular flexibility index (Phi) is 4.29. The van der Waals surface area contributed by atoms with E-state index < -0.39 is 0 Å². The van der Waals surface area contributed by atoms with Crippen molar-refractivity contribution in [3.63, 3.8) is 0 Å². The molecule has 0 spiro atoms. The Balaban J connectivity index is 2.15. The molecule has 2 rings (SSSR count). The third kappa shape index (κ3) is 3.00. The summed E-state index contributed by atoms with van der Waals surface area (Å²) in [6.45, 7) is 3.85. The Morgan fingerprint density at radius 3 is 2.53 bits per heavy atom. The van der Waals surface area contributed by atoms with Gasteiger partial charge in [0.2, 0.25) is 5.89 Å². The molecule has 19 heavy (non-hydrogen) atoms. The summed E-state index contributed by atoms with van der Waals surface area (Å²) in [5, 5.41) is 3.92. The highest BCUT2D eigenvalue weighted by Crippen LogP contribution is 2.28. The number of ether oxygens (including phenoxy) is 1. The van der Waals surface area contributed by atoms with Gasteiger partial charge in [-0.2, -0.15) is 4.98 Å². The minimum atomic E-state index is -0.183. The molecule has 3 atom stereocenters. The van der Waals surface area contributed by atoms with Gasteiger partial charge in [-0.3, -0.25) is 0 Å². The van der Waals surface area contributed by atoms with Gasteiger partial charge in [-0.15, -0.1) is 0 Å². The Labute approximate surface area is 112 Å². The molecule has 3 unspecified atom stereocenters. The topological polar surface area (TPSA) is 74.2 Å². The lowest BCUT2D eigenvalue weighted by Gasteiger charge is -2.16. The van der Waals surface area contributed by atoms with Gasteiger partial charge in [0.25, 0.3) is 0 Å². The molecule has 1 aromatic heterocycles. The summed E-state index contributed by atoms with van der Waals surface area (Å²) in [5.74, 6) is 1.03. The van der Waals surface area contributed by atoms with E-state index in [0.717, 1.165) is 5.56 Å². The Morgan fingerprint density at radius 2 is 1.89 bits per heavy atom. The summed E-state index contributed by atoms with van der Waals surface area (Å²) in [6.07, 6.45) is -0.183. The highest BCUT2D eigenvalue weighted by molar-refractivity contribution is 5.21. The minimum absolute atomic E-state index is 0.0484. The zero-order valence-corrected chi connectivity index (χ0v) is 11.4. The lowest BCUT2D eigenvalue weighted by Crippen LogP contribution is -2.18. The number of rotatable bonds is 5. The average Bonchev–Trinajstić information content (AvgIpc) is 2.95. The maximum Gasteiger partial charge on any atom is 0.231 e. The van der Waals surface area contributed by atoms with E-state index >= 15 is 0 Å². The van der Waals surface area contributed by atoms with E-state index in [4.69, 9.17) is 15.0 Å². The SMILES string of the molecule is COC(C)c1noc(C(C)C(N)c2ccccc2)n1. The Hall–Kier alpha value is -1.72. The van der Waals surface area contributed by atoms with Gasteiger partial charge < -0.3 is 15.0 Å². The van der Waals surface area contributed by atoms with Crippen molar-refractivity contribution in [2.24, 2.45) is 5.73 Å². The van der Waals surface area contributed by atoms with Crippen molar-refractivity contribution < 1.29 is 9.26 Å². The van der Waals surface area contributed by atoms with Gasteiger partial charge >= 0.3 is 0 Å². The predicted octanol–water partition coefficient (Wildman–Crippen LogP) is 2.58. The molecule has 0 amide bonds. The smallest absolute Gasteiger partial charge is 0.231 e. The standard InChI is InChI=1S/C14H19N3O2/c1-9(12(15)11-7-5-4-6-8-11)14-16-13(17-19-14)10(2)18-3/h4-10,12H,15H2,1-3H3. The van der Waals surface area contributed by atoms with E-state index in [0.29, 0.717) is 11.7 Å². The van der Waals surface area contributed by atoms with Crippen molar-refractivity contribution in [2.45, 2.75) is 31.9 Å². The van der Waals surface area contributed by atoms with E-state index in [2.05, 4.69) is 10.1 Å². The normalized spacial score (nSPS) is 16.0. The molecular formula is C14H19N3O2. The molecule has 0 bridgehead atoms. The largest absolute Gasteiger partial charge is 0.374 e. The molecule has 0 radical (unpaired) electrons. The quantitative estimate of drug-likeness (QED) is 0.895. The fraction of sp³-hybridized carbons (Fsp3) is 0.429. The molecule has 5 heteroatoms. The van der Waals surface area contributed by atoms with Gasteiger partial charge in [-0.25, -0.2) is 0 Å². The van der Waals surface area contributed by atoms with Gasteiger partial charge in [-0.05, 0) is 12.5 Å². The van der Waals surface area contributed by atoms with Crippen LogP contribution in [0.15, 0.2) is 34.9 Å². The predicted molar refractivity (Wildman–Crippen MR) is 71.5 cm³/mol. The maximum atomic E-state index is 6.23. The van der Waals surface area contributed by atoms with Crippen LogP contribution in [0.3, 0.4) is 0 Å². The number of benzene rings is 1. The molecule has 2 aromatic rings. The molecule has 102 valence electrons. The first kappa shape index (κ1) is 13.7. The molecule has 0 saturated carbocycles. The Bertz CT molecular complexity index is 512. The number of nitrogens with two attached hydrogens (primary N) is 1. The number of methoxy groups -OCH3 is 1. The van der Waals surface area contributed by atoms with Crippen LogP contribution < -0.4 is 5.73 Å². The second kappa shape index (κ2) is 5.95. The van der Waals surface area contributed by atoms with Crippen LogP contribution in [-0.2, 0) is 4.74 Å². The molecule has 0 aliphatic carbocycles. The molecule has 0 aliphatic heterocycles. The first-order valence-electron chi connectivity index (χ1n) is 6.30. The van der Waals surface area contributed by atoms with Crippen molar-refractivity contribution in [2.75, 3.05) is 7.11 Å². The zero-order valence-electron chi connectivity index (χ0n) is 11.4. The zero-order chi connectivity index (χ0) is 13.8. The molecule has 0 fully saturated rings. The summed E-state index contributed by atoms with van der Waals surface area (Å²) >= 11 is 0. The molecule has 2 N–H and O–H groups in total. The molecular weight excluding hydrogens is 242 g/mol. The summed E-state index contributed by atoms with van der Waals surface area (Å²) in [6, 6.07) is 9.72. The van der Waals surface area contributed by atoms with Crippen LogP contribution in [0.1, 0.15) is 49.2 Å². The van der Waals surface area contributed by atoms with E-state index in [-0.39, 0.29) is 18.1 Å². The summed E-state index contributed by atoms with van der Waals surface area (Å²) in [4.78, 5) is 4.34. The summed E-state index contributed by atoms with van der Waals surface area (Å²) < 4.78 is 10.4. The molecule has 5 nitrogen and oxygen atoms in total. The Morgan fingerprint density at radius 1 is 1.21 bits per heavy atom. The van der Waals surface area contributed by atoms with Crippen LogP contribution in [0.2, 0.25) is 0 Å². The van der Waals surface area contributed by atoms with Crippen molar-refractivity contribution in [1.29, 1.82) is 0 Å². The third-order valence-electron chi connectivity index (χ3n) is 3.29. The average molecular weight is 261 g/mol. The fourth-order valence-electron chi connectivity index (χ4n) is 1.82. The first-order valence-corrected chi connectivity index (χ1v) is 6.30. The van der Waals surface area contributed by atoms with Crippen LogP contribution in [0.25, 0.3) is 0 Å². The highest BCUT2D eigenvalue weighted by Gasteiger charge is 2.23. The van der Waals surface area contributed by atoms with Crippen LogP contribution in [0.4, 0.5) is 0 Å². The number of nitrogens with zero attached hydrogens (tertiary/aromatic N) is 2. The minimum Gasteiger partial charge on any atom is -0.374 e. The summed E-state index contributed by atoms with van der Waals surface area (Å²) in [5.41, 5.74) is 7.28. The number of aromatic nitrogens is 2. The fourth-order valence-corrected chi connectivity index (χ4v) is 1.82. The highest BCUT2D eigenvalue weighted by atomic mass is 16.5. The van der Waals surface area contributed by atoms with Crippen molar-refractivity contribution in [3.05, 3.63) is 47.6 Å². The van der Waals surface area contributed by atoms with Crippen molar-refractivity contribution in [3.8, 4) is 0 Å². The molecule has 1 heterocycles. The number of hydrogen-bond donors (Lipinski definition) is 1. The molecule has 0 aliphatic rings. The van der Waals surface area contributed by atoms with Crippen molar-refractivity contribution in [1.82, 2.24) is 10.1 Å². The van der Waals surface area contributed by atoms with Crippen molar-refractivity contribution >= 4 is 0 Å². The maximum absolute atomic E-state index is 6.23. The second-order valence-corrected chi connectivity index (χ2v) is 4.59. The monoisotopic (exact) mass is 261 g/mol. The van der Waals surface area contributed by atoms with Crippen LogP contribution in [0.5, 0.6) is 0 Å². The van der Waals surface area contributed by atoms with E-state index in [1.165, 1.54) is 0 Å². The van der Waals surface area contributed by atoms with Gasteiger partial charge in [0.05, 0.1) is 5.92 Å². The van der Waals surface area contributed by atoms with Crippen LogP contribution in [-0.4, -0.2) is 17.3 Å². The van der Waals surface area contributed by atoms with E-state index in [1.807, 2.05) is 44.2 Å². The number of hydrogen-bond acceptors (Lipinski definition) is 5. The molecule has 1 aromatic carbocycles. The summed E-state index contributed by atoms with van der Waals surface area (Å²) in [7, 11) is 1.61. The van der Waals surface area contributed by atoms with Gasteiger partial charge in [0.1, 0.15) is 6.10 Å². The lowest BCUT2D eigenvalue weighted by atomic mass is 9.95. The first-order chi connectivity index (χ1) is 9.13. The second-order valence-electron chi connectivity index (χ2n) is 4.59. The third-order valence-corrected chi connectivity index (χ3v) is 3.29. The van der Waals surface area contributed by atoms with Gasteiger partial charge in [-0.1, -0.05) is 42.4 Å². The van der Waals surface area contributed by atoms with E-state index in [1.54, 1.807) is 7.11 Å². The lowest BCUT2D eigenvalue weighted by molar-refractivity contribution is 0.109. The van der Waals surface area contributed by atoms with E-state index in [9.17, 15) is 0 Å². The van der Waals surface area contributed by atoms with Gasteiger partial charge in [0, 0.05) is 13.2 Å².